The fraction of sp³-hybridized carbons (Fsp3) is 0.500. The highest BCUT2D eigenvalue weighted by Gasteiger charge is 2.71. The van der Waals surface area contributed by atoms with Crippen molar-refractivity contribution >= 4 is 60.3 Å². The molecule has 0 aromatic carbocycles. The van der Waals surface area contributed by atoms with Crippen LogP contribution in [0.4, 0.5) is 0 Å². The molecule has 2 amide bonds. The first-order valence-electron chi connectivity index (χ1n) is 7.10. The summed E-state index contributed by atoms with van der Waals surface area (Å²) in [4.78, 5) is 56.4. The molecule has 1 rings (SSSR count). The minimum absolute atomic E-state index is 0.544. The molecule has 0 aromatic rings. The van der Waals surface area contributed by atoms with Crippen molar-refractivity contribution in [1.82, 2.24) is 9.59 Å². The fourth-order valence-electron chi connectivity index (χ4n) is 1.63. The van der Waals surface area contributed by atoms with E-state index >= 15 is 0 Å². The van der Waals surface area contributed by atoms with E-state index in [4.69, 9.17) is 33.5 Å². The molecule has 0 unspecified atom stereocenters. The third-order valence-electron chi connectivity index (χ3n) is 2.54. The van der Waals surface area contributed by atoms with Crippen molar-refractivity contribution in [2.45, 2.75) is 31.3 Å². The molecule has 19 nitrogen and oxygen atoms in total. The summed E-state index contributed by atoms with van der Waals surface area (Å²) in [6.45, 7) is 2.71. The van der Waals surface area contributed by atoms with Gasteiger partial charge in [0.2, 0.25) is 0 Å². The van der Waals surface area contributed by atoms with Crippen LogP contribution in [0.5, 0.6) is 0 Å². The smallest absolute Gasteiger partial charge is 0.387 e. The van der Waals surface area contributed by atoms with Crippen LogP contribution in [0.2, 0.25) is 0 Å². The van der Waals surface area contributed by atoms with Crippen LogP contribution in [-0.4, -0.2) is 92.5 Å². The molecule has 186 valence electrons. The highest BCUT2D eigenvalue weighted by atomic mass is 32.3. The molecule has 1 aliphatic rings. The number of imide groups is 1. The number of carboxylic acid groups (broad SMARTS) is 2. The maximum atomic E-state index is 12.0. The number of nitrogens with zero attached hydrogens (tertiary/aromatic N) is 2. The molecular formula is C10H16N2O17S3. The van der Waals surface area contributed by atoms with Gasteiger partial charge in [-0.15, -0.1) is 0 Å². The summed E-state index contributed by atoms with van der Waals surface area (Å²) in [5.41, 5.74) is 0. The summed E-state index contributed by atoms with van der Waals surface area (Å²) in [5.74, 6) is -7.70. The van der Waals surface area contributed by atoms with Crippen LogP contribution in [0.25, 0.3) is 0 Å². The van der Waals surface area contributed by atoms with Crippen LogP contribution in [0.1, 0.15) is 27.2 Å². The first-order valence-corrected chi connectivity index (χ1v) is 11.4. The fourth-order valence-corrected chi connectivity index (χ4v) is 4.49. The van der Waals surface area contributed by atoms with E-state index in [-0.39, 0.29) is 0 Å². The number of hydrazine groups is 1. The highest BCUT2D eigenvalue weighted by Crippen LogP contribution is 2.37. The summed E-state index contributed by atoms with van der Waals surface area (Å²) in [6, 6.07) is 0. The van der Waals surface area contributed by atoms with Crippen LogP contribution < -0.4 is 0 Å². The molecule has 0 bridgehead atoms. The predicted octanol–water partition coefficient (Wildman–Crippen LogP) is -3.10. The third-order valence-corrected chi connectivity index (χ3v) is 6.74. The summed E-state index contributed by atoms with van der Waals surface area (Å²) in [7, 11) is -17.8. The number of aliphatic carboxylic acids is 2. The van der Waals surface area contributed by atoms with Crippen molar-refractivity contribution in [2.24, 2.45) is 0 Å². The second kappa shape index (κ2) is 10.7. The second-order valence-corrected chi connectivity index (χ2v) is 9.96. The SMILES string of the molecule is CC(=O)O.CC(=O)O.CC(=O)ON(N1C(=O)CC(S(=O)(=O)O)(S(=O)(=O)O)C1=O)S(=O)(=O)O. The normalized spacial score (nSPS) is 15.8. The van der Waals surface area contributed by atoms with Crippen LogP contribution in [0.15, 0.2) is 0 Å². The molecule has 1 heterocycles. The molecule has 0 spiro atoms. The Hall–Kier alpha value is -2.76. The first kappa shape index (κ1) is 31.4. The molecule has 0 saturated carbocycles. The monoisotopic (exact) mass is 532 g/mol. The van der Waals surface area contributed by atoms with E-state index in [0.29, 0.717) is 6.92 Å². The number of carboxylic acids is 2. The van der Waals surface area contributed by atoms with Gasteiger partial charge in [-0.1, -0.05) is 0 Å². The van der Waals surface area contributed by atoms with E-state index in [1.807, 2.05) is 0 Å². The second-order valence-electron chi connectivity index (χ2n) is 5.20. The van der Waals surface area contributed by atoms with Crippen molar-refractivity contribution in [3.63, 3.8) is 0 Å². The van der Waals surface area contributed by atoms with E-state index in [9.17, 15) is 39.6 Å². The zero-order chi connectivity index (χ0) is 26.5. The average molecular weight is 532 g/mol. The maximum absolute atomic E-state index is 12.0. The third kappa shape index (κ3) is 8.06. The van der Waals surface area contributed by atoms with E-state index in [1.165, 1.54) is 0 Å². The van der Waals surface area contributed by atoms with E-state index in [1.54, 1.807) is 0 Å². The predicted molar refractivity (Wildman–Crippen MR) is 94.1 cm³/mol. The Balaban J connectivity index is 0. The lowest BCUT2D eigenvalue weighted by Gasteiger charge is -2.25. The molecule has 0 aliphatic carbocycles. The summed E-state index contributed by atoms with van der Waals surface area (Å²) in [5, 5.41) is 13.9. The van der Waals surface area contributed by atoms with Gasteiger partial charge in [0, 0.05) is 20.8 Å². The van der Waals surface area contributed by atoms with Gasteiger partial charge in [0.1, 0.15) is 4.58 Å². The van der Waals surface area contributed by atoms with Gasteiger partial charge in [0.05, 0.1) is 6.42 Å². The van der Waals surface area contributed by atoms with Gasteiger partial charge in [-0.25, -0.2) is 0 Å². The Morgan fingerprint density at radius 3 is 1.38 bits per heavy atom. The highest BCUT2D eigenvalue weighted by molar-refractivity contribution is 8.06. The standard InChI is InChI=1S/C6H8N2O13S3.2C2H4O2/c1-3(9)21-8(24(18,19)20)7-4(10)2-6(5(7)11,22(12,13)14)23(15,16)17;2*1-2(3)4/h2H2,1H3,(H,12,13,14)(H,15,16,17)(H,18,19,20);2*1H3,(H,3,4). The minimum Gasteiger partial charge on any atom is -0.481 e. The molecule has 32 heavy (non-hydrogen) atoms. The molecular weight excluding hydrogens is 516 g/mol. The first-order chi connectivity index (χ1) is 13.9. The van der Waals surface area contributed by atoms with Gasteiger partial charge in [0.25, 0.3) is 44.0 Å². The van der Waals surface area contributed by atoms with Gasteiger partial charge >= 0.3 is 20.4 Å². The Bertz CT molecular complexity index is 1050. The van der Waals surface area contributed by atoms with Gasteiger partial charge in [-0.05, 0) is 0 Å². The number of rotatable bonds is 5. The quantitative estimate of drug-likeness (QED) is 0.133. The largest absolute Gasteiger partial charge is 0.481 e. The number of carbonyl (C=O) groups excluding carboxylic acids is 3. The molecule has 0 radical (unpaired) electrons. The zero-order valence-electron chi connectivity index (χ0n) is 16.0. The van der Waals surface area contributed by atoms with Crippen molar-refractivity contribution in [3.05, 3.63) is 0 Å². The van der Waals surface area contributed by atoms with Gasteiger partial charge < -0.3 is 15.1 Å². The maximum Gasteiger partial charge on any atom is 0.387 e. The number of amides is 2. The van der Waals surface area contributed by atoms with Crippen molar-refractivity contribution < 1.29 is 77.9 Å². The number of carbonyl (C=O) groups is 5. The summed E-state index contributed by atoms with van der Waals surface area (Å²) >= 11 is 0. The van der Waals surface area contributed by atoms with Crippen LogP contribution >= 0.6 is 0 Å². The lowest BCUT2D eigenvalue weighted by molar-refractivity contribution is -0.214. The van der Waals surface area contributed by atoms with E-state index in [2.05, 4.69) is 4.84 Å². The molecule has 22 heteroatoms. The Morgan fingerprint density at radius 2 is 1.19 bits per heavy atom. The molecule has 1 fully saturated rings. The summed E-state index contributed by atoms with van der Waals surface area (Å²) < 4.78 is 88.8. The molecule has 1 saturated heterocycles. The van der Waals surface area contributed by atoms with Crippen molar-refractivity contribution in [1.29, 1.82) is 0 Å². The lowest BCUT2D eigenvalue weighted by atomic mass is 10.3. The van der Waals surface area contributed by atoms with Gasteiger partial charge in [-0.2, -0.15) is 30.3 Å². The van der Waals surface area contributed by atoms with Crippen molar-refractivity contribution in [3.8, 4) is 0 Å². The Kier molecular flexibility index (Phi) is 10.5. The number of hydrogen-bond donors (Lipinski definition) is 5. The van der Waals surface area contributed by atoms with E-state index < -0.39 is 80.3 Å². The summed E-state index contributed by atoms with van der Waals surface area (Å²) in [6.07, 6.45) is -1.96. The molecule has 0 atom stereocenters. The van der Waals surface area contributed by atoms with Crippen molar-refractivity contribution in [2.75, 3.05) is 0 Å². The van der Waals surface area contributed by atoms with Crippen LogP contribution in [0, 0.1) is 0 Å². The lowest BCUT2D eigenvalue weighted by Crippen LogP contribution is -2.56. The number of hydrogen-bond acceptors (Lipinski definition) is 12. The van der Waals surface area contributed by atoms with Crippen LogP contribution in [0.3, 0.4) is 0 Å². The van der Waals surface area contributed by atoms with Gasteiger partial charge in [0.15, 0.2) is 0 Å². The molecule has 1 aliphatic heterocycles. The Morgan fingerprint density at radius 1 is 0.875 bits per heavy atom. The minimum atomic E-state index is -6.04. The average Bonchev–Trinajstić information content (AvgIpc) is 2.74. The van der Waals surface area contributed by atoms with E-state index in [0.717, 1.165) is 13.8 Å². The Labute approximate surface area is 179 Å². The zero-order valence-corrected chi connectivity index (χ0v) is 18.4. The molecule has 0 aromatic heterocycles. The molecule has 5 N–H and O–H groups in total. The topological polar surface area (TPSA) is 305 Å². The van der Waals surface area contributed by atoms with Crippen LogP contribution in [-0.2, 0) is 59.4 Å². The van der Waals surface area contributed by atoms with Gasteiger partial charge in [-0.3, -0.25) is 37.6 Å².